The summed E-state index contributed by atoms with van der Waals surface area (Å²) in [6.07, 6.45) is 0.855. The normalized spacial score (nSPS) is 14.0. The molecule has 0 radical (unpaired) electrons. The maximum atomic E-state index is 12.5. The summed E-state index contributed by atoms with van der Waals surface area (Å²) in [4.78, 5) is 12.5. The minimum absolute atomic E-state index is 0.190. The van der Waals surface area contributed by atoms with E-state index >= 15 is 0 Å². The molecule has 0 unspecified atom stereocenters. The molecule has 28 heavy (non-hydrogen) atoms. The number of fused-ring (bicyclic) bond motifs is 1. The van der Waals surface area contributed by atoms with Crippen molar-refractivity contribution in [1.29, 1.82) is 0 Å². The van der Waals surface area contributed by atoms with Gasteiger partial charge < -0.3 is 24.3 Å². The number of para-hydroxylation sites is 1. The molecule has 2 aromatic rings. The van der Waals surface area contributed by atoms with E-state index in [1.807, 2.05) is 12.1 Å². The van der Waals surface area contributed by atoms with Gasteiger partial charge in [-0.05, 0) is 54.6 Å². The van der Waals surface area contributed by atoms with Crippen molar-refractivity contribution in [2.24, 2.45) is 0 Å². The van der Waals surface area contributed by atoms with Crippen molar-refractivity contribution < 1.29 is 23.7 Å². The number of halogens is 1. The minimum atomic E-state index is -0.222. The van der Waals surface area contributed by atoms with Gasteiger partial charge in [0.2, 0.25) is 0 Å². The van der Waals surface area contributed by atoms with Gasteiger partial charge in [0, 0.05) is 15.6 Å². The molecule has 7 heteroatoms. The van der Waals surface area contributed by atoms with Crippen molar-refractivity contribution in [3.63, 3.8) is 0 Å². The third-order valence-corrected chi connectivity index (χ3v) is 5.31. The Balaban J connectivity index is 1.59. The number of nitrogens with one attached hydrogen (secondary N) is 1. The summed E-state index contributed by atoms with van der Waals surface area (Å²) in [6.45, 7) is 4.83. The molecule has 6 nitrogen and oxygen atoms in total. The predicted octanol–water partition coefficient (Wildman–Crippen LogP) is 3.83. The lowest BCUT2D eigenvalue weighted by molar-refractivity contribution is 0.0945. The average Bonchev–Trinajstić information content (AvgIpc) is 2.99. The standard InChI is InChI=1S/C21H24INO5/c1-21(2)12-13-6-5-7-16(19(13)28-21)27-9-8-23-20(24)14-10-17(25-3)18(26-4)11-15(14)22/h5-7,10-11H,8-9,12H2,1-4H3,(H,23,24). The van der Waals surface area contributed by atoms with Crippen molar-refractivity contribution in [2.75, 3.05) is 27.4 Å². The molecule has 1 heterocycles. The van der Waals surface area contributed by atoms with Crippen molar-refractivity contribution in [3.8, 4) is 23.0 Å². The Morgan fingerprint density at radius 2 is 1.89 bits per heavy atom. The molecule has 0 bridgehead atoms. The SMILES string of the molecule is COc1cc(I)c(C(=O)NCCOc2cccc3c2OC(C)(C)C3)cc1OC. The molecule has 0 saturated heterocycles. The zero-order valence-electron chi connectivity index (χ0n) is 16.4. The minimum Gasteiger partial charge on any atom is -0.493 e. The van der Waals surface area contributed by atoms with Crippen molar-refractivity contribution in [1.82, 2.24) is 5.32 Å². The van der Waals surface area contributed by atoms with E-state index in [1.165, 1.54) is 0 Å². The zero-order valence-corrected chi connectivity index (χ0v) is 18.6. The Labute approximate surface area is 178 Å². The van der Waals surface area contributed by atoms with Crippen molar-refractivity contribution in [2.45, 2.75) is 25.9 Å². The first kappa shape index (κ1) is 20.6. The van der Waals surface area contributed by atoms with Crippen LogP contribution in [-0.2, 0) is 6.42 Å². The van der Waals surface area contributed by atoms with Gasteiger partial charge in [0.15, 0.2) is 23.0 Å². The first-order valence-corrected chi connectivity index (χ1v) is 10.1. The Morgan fingerprint density at radius 3 is 2.61 bits per heavy atom. The zero-order chi connectivity index (χ0) is 20.3. The molecule has 0 aliphatic carbocycles. The summed E-state index contributed by atoms with van der Waals surface area (Å²) in [5.41, 5.74) is 1.45. The maximum absolute atomic E-state index is 12.5. The third-order valence-electron chi connectivity index (χ3n) is 4.42. The van der Waals surface area contributed by atoms with Gasteiger partial charge >= 0.3 is 0 Å². The summed E-state index contributed by atoms with van der Waals surface area (Å²) in [5.74, 6) is 2.42. The Hall–Kier alpha value is -2.16. The van der Waals surface area contributed by atoms with Crippen LogP contribution in [-0.4, -0.2) is 38.9 Å². The largest absolute Gasteiger partial charge is 0.493 e. The van der Waals surface area contributed by atoms with Crippen LogP contribution in [0.2, 0.25) is 0 Å². The Bertz CT molecular complexity index is 881. The second-order valence-electron chi connectivity index (χ2n) is 7.07. The lowest BCUT2D eigenvalue weighted by atomic mass is 10.0. The predicted molar refractivity (Wildman–Crippen MR) is 115 cm³/mol. The molecule has 0 aromatic heterocycles. The van der Waals surface area contributed by atoms with E-state index in [-0.39, 0.29) is 11.5 Å². The van der Waals surface area contributed by atoms with Crippen LogP contribution in [0, 0.1) is 3.57 Å². The number of benzene rings is 2. The number of carbonyl (C=O) groups excluding carboxylic acids is 1. The van der Waals surface area contributed by atoms with Crippen LogP contribution in [0.15, 0.2) is 30.3 Å². The van der Waals surface area contributed by atoms with E-state index in [2.05, 4.69) is 47.8 Å². The molecule has 2 aromatic carbocycles. The number of hydrogen-bond acceptors (Lipinski definition) is 5. The molecule has 0 fully saturated rings. The highest BCUT2D eigenvalue weighted by Gasteiger charge is 2.32. The van der Waals surface area contributed by atoms with Gasteiger partial charge in [0.25, 0.3) is 5.91 Å². The van der Waals surface area contributed by atoms with Gasteiger partial charge in [-0.2, -0.15) is 0 Å². The van der Waals surface area contributed by atoms with E-state index in [1.54, 1.807) is 26.4 Å². The molecule has 1 aliphatic heterocycles. The van der Waals surface area contributed by atoms with E-state index in [0.29, 0.717) is 36.0 Å². The van der Waals surface area contributed by atoms with Gasteiger partial charge in [-0.3, -0.25) is 4.79 Å². The van der Waals surface area contributed by atoms with E-state index in [0.717, 1.165) is 21.3 Å². The van der Waals surface area contributed by atoms with Gasteiger partial charge in [0.05, 0.1) is 26.3 Å². The Morgan fingerprint density at radius 1 is 1.18 bits per heavy atom. The molecule has 0 atom stereocenters. The molecule has 1 amide bonds. The van der Waals surface area contributed by atoms with Gasteiger partial charge in [-0.1, -0.05) is 12.1 Å². The first-order valence-electron chi connectivity index (χ1n) is 8.98. The van der Waals surface area contributed by atoms with Gasteiger partial charge in [-0.15, -0.1) is 0 Å². The van der Waals surface area contributed by atoms with Crippen LogP contribution in [0.1, 0.15) is 29.8 Å². The Kier molecular flexibility index (Phi) is 6.22. The molecule has 3 rings (SSSR count). The molecule has 1 N–H and O–H groups in total. The monoisotopic (exact) mass is 497 g/mol. The van der Waals surface area contributed by atoms with E-state index in [4.69, 9.17) is 18.9 Å². The number of methoxy groups -OCH3 is 2. The fraction of sp³-hybridized carbons (Fsp3) is 0.381. The number of carbonyl (C=O) groups is 1. The second kappa shape index (κ2) is 8.46. The number of amides is 1. The summed E-state index contributed by atoms with van der Waals surface area (Å²) >= 11 is 2.11. The topological polar surface area (TPSA) is 66.0 Å². The van der Waals surface area contributed by atoms with Gasteiger partial charge in [-0.25, -0.2) is 0 Å². The summed E-state index contributed by atoms with van der Waals surface area (Å²) in [7, 11) is 3.11. The van der Waals surface area contributed by atoms with Gasteiger partial charge in [0.1, 0.15) is 12.2 Å². The number of ether oxygens (including phenoxy) is 4. The van der Waals surface area contributed by atoms with Crippen LogP contribution in [0.5, 0.6) is 23.0 Å². The van der Waals surface area contributed by atoms with E-state index in [9.17, 15) is 4.79 Å². The van der Waals surface area contributed by atoms with Crippen LogP contribution in [0.3, 0.4) is 0 Å². The van der Waals surface area contributed by atoms with Crippen LogP contribution < -0.4 is 24.3 Å². The highest BCUT2D eigenvalue weighted by molar-refractivity contribution is 14.1. The quantitative estimate of drug-likeness (QED) is 0.466. The van der Waals surface area contributed by atoms with Crippen LogP contribution in [0.4, 0.5) is 0 Å². The third kappa shape index (κ3) is 4.45. The average molecular weight is 497 g/mol. The number of rotatable bonds is 7. The fourth-order valence-electron chi connectivity index (χ4n) is 3.15. The number of hydrogen-bond donors (Lipinski definition) is 1. The van der Waals surface area contributed by atoms with Crippen molar-refractivity contribution in [3.05, 3.63) is 45.0 Å². The lowest BCUT2D eigenvalue weighted by Gasteiger charge is -2.18. The maximum Gasteiger partial charge on any atom is 0.252 e. The van der Waals surface area contributed by atoms with E-state index < -0.39 is 0 Å². The molecule has 150 valence electrons. The lowest BCUT2D eigenvalue weighted by Crippen LogP contribution is -2.29. The molecule has 1 aliphatic rings. The molecule has 0 saturated carbocycles. The van der Waals surface area contributed by atoms with Crippen LogP contribution >= 0.6 is 22.6 Å². The highest BCUT2D eigenvalue weighted by atomic mass is 127. The highest BCUT2D eigenvalue weighted by Crippen LogP contribution is 2.41. The van der Waals surface area contributed by atoms with Crippen molar-refractivity contribution >= 4 is 28.5 Å². The molecular weight excluding hydrogens is 473 g/mol. The fourth-order valence-corrected chi connectivity index (χ4v) is 3.83. The summed E-state index contributed by atoms with van der Waals surface area (Å²) in [5, 5.41) is 2.88. The molecular formula is C21H24INO5. The second-order valence-corrected chi connectivity index (χ2v) is 8.24. The summed E-state index contributed by atoms with van der Waals surface area (Å²) < 4.78 is 23.2. The first-order chi connectivity index (χ1) is 13.3. The smallest absolute Gasteiger partial charge is 0.252 e. The summed E-state index contributed by atoms with van der Waals surface area (Å²) in [6, 6.07) is 9.36. The molecule has 0 spiro atoms. The van der Waals surface area contributed by atoms with Crippen LogP contribution in [0.25, 0.3) is 0 Å².